The summed E-state index contributed by atoms with van der Waals surface area (Å²) in [7, 11) is 0. The molecule has 0 amide bonds. The average molecular weight is 319 g/mol. The monoisotopic (exact) mass is 319 g/mol. The second-order valence-electron chi connectivity index (χ2n) is 6.14. The molecular weight excluding hydrogens is 299 g/mol. The zero-order valence-electron chi connectivity index (χ0n) is 12.0. The summed E-state index contributed by atoms with van der Waals surface area (Å²) >= 11 is 1.65. The van der Waals surface area contributed by atoms with Crippen molar-refractivity contribution in [3.63, 3.8) is 0 Å². The van der Waals surface area contributed by atoms with Crippen molar-refractivity contribution < 1.29 is 13.2 Å². The SMILES string of the molecule is Cc1csc(C(NC2CCN(CC(F)(F)F)C2)C2CC2)n1. The zero-order valence-corrected chi connectivity index (χ0v) is 12.8. The molecule has 7 heteroatoms. The Balaban J connectivity index is 1.58. The molecule has 2 atom stereocenters. The molecule has 2 aliphatic rings. The lowest BCUT2D eigenvalue weighted by Gasteiger charge is -2.22. The van der Waals surface area contributed by atoms with Gasteiger partial charge in [-0.2, -0.15) is 13.2 Å². The number of nitrogens with one attached hydrogen (secondary N) is 1. The van der Waals surface area contributed by atoms with Crippen molar-refractivity contribution in [1.82, 2.24) is 15.2 Å². The van der Waals surface area contributed by atoms with Crippen LogP contribution in [-0.4, -0.2) is 41.7 Å². The molecule has 1 saturated heterocycles. The van der Waals surface area contributed by atoms with E-state index in [-0.39, 0.29) is 12.1 Å². The smallest absolute Gasteiger partial charge is 0.304 e. The standard InChI is InChI=1S/C14H20F3N3S/c1-9-7-21-13(18-9)12(10-2-3-10)19-11-4-5-20(6-11)8-14(15,16)17/h7,10-12,19H,2-6,8H2,1H3. The number of aryl methyl sites for hydroxylation is 1. The van der Waals surface area contributed by atoms with E-state index in [1.54, 1.807) is 11.3 Å². The van der Waals surface area contributed by atoms with Crippen LogP contribution in [0.4, 0.5) is 13.2 Å². The largest absolute Gasteiger partial charge is 0.401 e. The molecule has 3 rings (SSSR count). The van der Waals surface area contributed by atoms with Gasteiger partial charge in [-0.1, -0.05) is 0 Å². The maximum absolute atomic E-state index is 12.4. The Morgan fingerprint density at radius 3 is 2.76 bits per heavy atom. The lowest BCUT2D eigenvalue weighted by molar-refractivity contribution is -0.143. The molecule has 0 spiro atoms. The van der Waals surface area contributed by atoms with Crippen LogP contribution in [0.3, 0.4) is 0 Å². The van der Waals surface area contributed by atoms with Crippen LogP contribution in [0.25, 0.3) is 0 Å². The second-order valence-corrected chi connectivity index (χ2v) is 7.03. The minimum atomic E-state index is -4.10. The maximum atomic E-state index is 12.4. The highest BCUT2D eigenvalue weighted by Gasteiger charge is 2.38. The van der Waals surface area contributed by atoms with Gasteiger partial charge in [0, 0.05) is 30.2 Å². The highest BCUT2D eigenvalue weighted by Crippen LogP contribution is 2.42. The lowest BCUT2D eigenvalue weighted by atomic mass is 10.1. The summed E-state index contributed by atoms with van der Waals surface area (Å²) in [4.78, 5) is 6.05. The lowest BCUT2D eigenvalue weighted by Crippen LogP contribution is -2.38. The Bertz CT molecular complexity index is 484. The molecule has 0 aromatic carbocycles. The van der Waals surface area contributed by atoms with Crippen LogP contribution in [0.1, 0.15) is 36.0 Å². The van der Waals surface area contributed by atoms with Crippen LogP contribution >= 0.6 is 11.3 Å². The quantitative estimate of drug-likeness (QED) is 0.904. The van der Waals surface area contributed by atoms with E-state index in [4.69, 9.17) is 0 Å². The van der Waals surface area contributed by atoms with Gasteiger partial charge in [0.1, 0.15) is 5.01 Å². The van der Waals surface area contributed by atoms with Crippen molar-refractivity contribution in [2.45, 2.75) is 44.4 Å². The minimum Gasteiger partial charge on any atom is -0.304 e. The Labute approximate surface area is 126 Å². The number of likely N-dealkylation sites (tertiary alicyclic amines) is 1. The molecule has 2 heterocycles. The molecular formula is C14H20F3N3S. The number of nitrogens with zero attached hydrogens (tertiary/aromatic N) is 2. The van der Waals surface area contributed by atoms with E-state index in [9.17, 15) is 13.2 Å². The summed E-state index contributed by atoms with van der Waals surface area (Å²) in [5.41, 5.74) is 1.02. The number of thiazole rings is 1. The Morgan fingerprint density at radius 2 is 2.19 bits per heavy atom. The first kappa shape index (κ1) is 15.2. The predicted molar refractivity (Wildman–Crippen MR) is 76.4 cm³/mol. The van der Waals surface area contributed by atoms with Gasteiger partial charge in [0.15, 0.2) is 0 Å². The molecule has 1 saturated carbocycles. The van der Waals surface area contributed by atoms with E-state index in [1.807, 2.05) is 12.3 Å². The first-order valence-corrected chi connectivity index (χ1v) is 8.26. The Morgan fingerprint density at radius 1 is 1.43 bits per heavy atom. The number of hydrogen-bond donors (Lipinski definition) is 1. The summed E-state index contributed by atoms with van der Waals surface area (Å²) in [5.74, 6) is 0.604. The third-order valence-corrected chi connectivity index (χ3v) is 5.13. The van der Waals surface area contributed by atoms with Gasteiger partial charge in [0.05, 0.1) is 12.6 Å². The van der Waals surface area contributed by atoms with Crippen molar-refractivity contribution in [1.29, 1.82) is 0 Å². The second kappa shape index (κ2) is 5.85. The van der Waals surface area contributed by atoms with Crippen LogP contribution in [0, 0.1) is 12.8 Å². The van der Waals surface area contributed by atoms with Crippen LogP contribution < -0.4 is 5.32 Å². The highest BCUT2D eigenvalue weighted by molar-refractivity contribution is 7.09. The van der Waals surface area contributed by atoms with Crippen molar-refractivity contribution in [3.05, 3.63) is 16.1 Å². The average Bonchev–Trinajstić information content (AvgIpc) is 2.99. The molecule has 21 heavy (non-hydrogen) atoms. The van der Waals surface area contributed by atoms with Crippen molar-refractivity contribution in [2.24, 2.45) is 5.92 Å². The molecule has 1 N–H and O–H groups in total. The van der Waals surface area contributed by atoms with Gasteiger partial charge in [-0.15, -0.1) is 11.3 Å². The van der Waals surface area contributed by atoms with Gasteiger partial charge >= 0.3 is 6.18 Å². The van der Waals surface area contributed by atoms with Crippen molar-refractivity contribution in [3.8, 4) is 0 Å². The first-order chi connectivity index (χ1) is 9.90. The molecule has 1 aliphatic heterocycles. The fraction of sp³-hybridized carbons (Fsp3) is 0.786. The molecule has 1 aromatic heterocycles. The molecule has 1 aliphatic carbocycles. The fourth-order valence-electron chi connectivity index (χ4n) is 2.97. The van der Waals surface area contributed by atoms with Crippen molar-refractivity contribution >= 4 is 11.3 Å². The van der Waals surface area contributed by atoms with E-state index in [2.05, 4.69) is 10.3 Å². The van der Waals surface area contributed by atoms with Gasteiger partial charge in [-0.25, -0.2) is 4.98 Å². The summed E-state index contributed by atoms with van der Waals surface area (Å²) in [6.07, 6.45) is -0.939. The van der Waals surface area contributed by atoms with Crippen LogP contribution in [0.5, 0.6) is 0 Å². The van der Waals surface area contributed by atoms with Crippen molar-refractivity contribution in [2.75, 3.05) is 19.6 Å². The molecule has 0 radical (unpaired) electrons. The molecule has 2 unspecified atom stereocenters. The van der Waals surface area contributed by atoms with E-state index in [1.165, 1.54) is 17.7 Å². The minimum absolute atomic E-state index is 0.141. The van der Waals surface area contributed by atoms with E-state index >= 15 is 0 Å². The summed E-state index contributed by atoms with van der Waals surface area (Å²) in [5, 5.41) is 6.69. The third-order valence-electron chi connectivity index (χ3n) is 4.09. The Kier molecular flexibility index (Phi) is 4.25. The number of alkyl halides is 3. The van der Waals surface area contributed by atoms with Gasteiger partial charge in [0.2, 0.25) is 0 Å². The number of hydrogen-bond acceptors (Lipinski definition) is 4. The highest BCUT2D eigenvalue weighted by atomic mass is 32.1. The first-order valence-electron chi connectivity index (χ1n) is 7.38. The van der Waals surface area contributed by atoms with Crippen LogP contribution in [0.2, 0.25) is 0 Å². The summed E-state index contributed by atoms with van der Waals surface area (Å²) in [6.45, 7) is 2.18. The van der Waals surface area contributed by atoms with Crippen LogP contribution in [-0.2, 0) is 0 Å². The topological polar surface area (TPSA) is 28.2 Å². The van der Waals surface area contributed by atoms with Gasteiger partial charge in [0.25, 0.3) is 0 Å². The van der Waals surface area contributed by atoms with Gasteiger partial charge < -0.3 is 5.32 Å². The molecule has 1 aromatic rings. The summed E-state index contributed by atoms with van der Waals surface area (Å²) in [6, 6.07) is 0.363. The van der Waals surface area contributed by atoms with E-state index in [0.717, 1.165) is 17.1 Å². The fourth-order valence-corrected chi connectivity index (χ4v) is 3.92. The molecule has 2 fully saturated rings. The molecule has 3 nitrogen and oxygen atoms in total. The van der Waals surface area contributed by atoms with Crippen LogP contribution in [0.15, 0.2) is 5.38 Å². The molecule has 0 bridgehead atoms. The van der Waals surface area contributed by atoms with Gasteiger partial charge in [-0.05, 0) is 32.1 Å². The van der Waals surface area contributed by atoms with Gasteiger partial charge in [-0.3, -0.25) is 4.90 Å². The predicted octanol–water partition coefficient (Wildman–Crippen LogP) is 3.13. The zero-order chi connectivity index (χ0) is 15.0. The molecule has 118 valence electrons. The Hall–Kier alpha value is -0.660. The van der Waals surface area contributed by atoms with E-state index in [0.29, 0.717) is 19.0 Å². The number of halogens is 3. The summed E-state index contributed by atoms with van der Waals surface area (Å²) < 4.78 is 37.3. The normalized spacial score (nSPS) is 25.4. The third kappa shape index (κ3) is 4.17. The number of rotatable bonds is 5. The van der Waals surface area contributed by atoms with E-state index < -0.39 is 12.7 Å². The maximum Gasteiger partial charge on any atom is 0.401 e. The number of aromatic nitrogens is 1.